The Kier molecular flexibility index (Phi) is 8.33. The lowest BCUT2D eigenvalue weighted by atomic mass is 9.56. The number of para-hydroxylation sites is 1. The molecule has 53 heavy (non-hydrogen) atoms. The normalized spacial score (nSPS) is 34.8. The summed E-state index contributed by atoms with van der Waals surface area (Å²) in [6.45, 7) is 7.93. The third-order valence-electron chi connectivity index (χ3n) is 14.4. The lowest BCUT2D eigenvalue weighted by Gasteiger charge is -2.59. The Bertz CT molecular complexity index is 2120. The van der Waals surface area contributed by atoms with Gasteiger partial charge in [-0.3, -0.25) is 14.5 Å². The molecule has 2 aliphatic carbocycles. The molecule has 4 aromatic rings. The summed E-state index contributed by atoms with van der Waals surface area (Å²) in [5.41, 5.74) is 6.51. The van der Waals surface area contributed by atoms with Gasteiger partial charge in [0.1, 0.15) is 17.4 Å². The lowest BCUT2D eigenvalue weighted by molar-refractivity contribution is -0.196. The molecule has 280 valence electrons. The van der Waals surface area contributed by atoms with Crippen LogP contribution in [0.3, 0.4) is 0 Å². The Morgan fingerprint density at radius 3 is 2.60 bits per heavy atom. The first-order chi connectivity index (χ1) is 25.7. The van der Waals surface area contributed by atoms with E-state index >= 15 is 0 Å². The molecule has 6 aliphatic rings. The number of aliphatic hydroxyl groups is 1. The smallest absolute Gasteiger partial charge is 0.319 e. The van der Waals surface area contributed by atoms with Crippen LogP contribution in [0.4, 0.5) is 0 Å². The first kappa shape index (κ1) is 34.6. The standard InChI is InChI=1S/C43H52N4O6/c1-7-22-17-24-20-43(42(50)53-6)38-27(15-16-47(39(22)43)40(24)48)26-13-14-33(51-4)35(37(26)45-38)30-18-28-23(8-2)21-46(3)32(34(28)41(49)52-5)19-29-25-11-9-10-12-31(25)44-36(29)30/h8-14,22-24,28,30,32,34,39-40,44-45,48H,2,7,15-21H2,1,3-6H3/t22-,23?,24-,28+,30-,32-,34?,39-,40?,43+/m0/s1. The van der Waals surface area contributed by atoms with Crippen LogP contribution in [0.2, 0.25) is 0 Å². The summed E-state index contributed by atoms with van der Waals surface area (Å²) in [7, 11) is 6.85. The van der Waals surface area contributed by atoms with Gasteiger partial charge in [-0.1, -0.05) is 37.6 Å². The van der Waals surface area contributed by atoms with Gasteiger partial charge < -0.3 is 34.2 Å². The van der Waals surface area contributed by atoms with Gasteiger partial charge in [0.25, 0.3) is 0 Å². The number of nitrogens with one attached hydrogen (secondary N) is 2. The lowest BCUT2D eigenvalue weighted by Crippen LogP contribution is -2.70. The minimum absolute atomic E-state index is 0.0293. The van der Waals surface area contributed by atoms with E-state index in [0.29, 0.717) is 32.2 Å². The Hall–Kier alpha value is -4.12. The molecule has 6 bridgehead atoms. The minimum atomic E-state index is -0.939. The molecule has 0 spiro atoms. The quantitative estimate of drug-likeness (QED) is 0.173. The number of ether oxygens (including phenoxy) is 3. The molecule has 4 fully saturated rings. The van der Waals surface area contributed by atoms with E-state index in [4.69, 9.17) is 14.2 Å². The monoisotopic (exact) mass is 720 g/mol. The number of benzene rings is 2. The number of likely N-dealkylation sites (N-methyl/N-ethyl adjacent to an activating group) is 1. The second-order valence-electron chi connectivity index (χ2n) is 16.4. The number of carbonyl (C=O) groups is 2. The van der Waals surface area contributed by atoms with E-state index in [2.05, 4.69) is 76.7 Å². The first-order valence-electron chi connectivity index (χ1n) is 19.4. The number of aromatic amines is 2. The van der Waals surface area contributed by atoms with Gasteiger partial charge in [0.2, 0.25) is 0 Å². The molecule has 0 radical (unpaired) electrons. The molecule has 0 amide bonds. The van der Waals surface area contributed by atoms with E-state index in [0.717, 1.165) is 69.5 Å². The van der Waals surface area contributed by atoms with Gasteiger partial charge in [0.15, 0.2) is 0 Å². The summed E-state index contributed by atoms with van der Waals surface area (Å²) in [4.78, 5) is 40.7. The van der Waals surface area contributed by atoms with Gasteiger partial charge in [-0.25, -0.2) is 0 Å². The highest BCUT2D eigenvalue weighted by Gasteiger charge is 2.65. The summed E-state index contributed by atoms with van der Waals surface area (Å²) in [6, 6.07) is 12.5. The van der Waals surface area contributed by atoms with Crippen LogP contribution in [-0.2, 0) is 37.3 Å². The number of hydrogen-bond acceptors (Lipinski definition) is 8. The van der Waals surface area contributed by atoms with Crippen molar-refractivity contribution in [2.24, 2.45) is 29.6 Å². The van der Waals surface area contributed by atoms with Crippen molar-refractivity contribution in [2.75, 3.05) is 41.5 Å². The van der Waals surface area contributed by atoms with E-state index in [1.807, 2.05) is 6.08 Å². The second kappa shape index (κ2) is 12.7. The van der Waals surface area contributed by atoms with Crippen LogP contribution >= 0.6 is 0 Å². The van der Waals surface area contributed by atoms with Crippen molar-refractivity contribution >= 4 is 33.7 Å². The van der Waals surface area contributed by atoms with Gasteiger partial charge in [0, 0.05) is 70.2 Å². The highest BCUT2D eigenvalue weighted by Crippen LogP contribution is 2.58. The summed E-state index contributed by atoms with van der Waals surface area (Å²) in [5, 5.41) is 13.8. The van der Waals surface area contributed by atoms with Crippen LogP contribution in [-0.4, -0.2) is 96.6 Å². The molecule has 3 saturated heterocycles. The van der Waals surface area contributed by atoms with Gasteiger partial charge in [0.05, 0.1) is 32.8 Å². The molecule has 4 aliphatic heterocycles. The van der Waals surface area contributed by atoms with Gasteiger partial charge in [-0.2, -0.15) is 0 Å². The molecular formula is C43H52N4O6. The predicted octanol–water partition coefficient (Wildman–Crippen LogP) is 5.66. The van der Waals surface area contributed by atoms with E-state index in [-0.39, 0.29) is 59.5 Å². The van der Waals surface area contributed by atoms with Crippen LogP contribution in [0, 0.1) is 29.6 Å². The average molecular weight is 721 g/mol. The zero-order chi connectivity index (χ0) is 36.9. The maximum absolute atomic E-state index is 14.4. The molecular weight excluding hydrogens is 668 g/mol. The van der Waals surface area contributed by atoms with Crippen molar-refractivity contribution in [3.8, 4) is 5.75 Å². The number of H-pyrrole nitrogens is 2. The minimum Gasteiger partial charge on any atom is -0.496 e. The van der Waals surface area contributed by atoms with Crippen LogP contribution < -0.4 is 4.74 Å². The van der Waals surface area contributed by atoms with E-state index in [1.165, 1.54) is 19.8 Å². The summed E-state index contributed by atoms with van der Waals surface area (Å²) < 4.78 is 17.6. The number of piperidine rings is 3. The molecule has 11 atom stereocenters. The number of aliphatic hydroxyl groups excluding tert-OH is 1. The van der Waals surface area contributed by atoms with Crippen LogP contribution in [0.15, 0.2) is 49.1 Å². The topological polar surface area (TPSA) is 120 Å². The van der Waals surface area contributed by atoms with Crippen molar-refractivity contribution in [3.05, 3.63) is 77.1 Å². The third-order valence-corrected chi connectivity index (χ3v) is 14.4. The second-order valence-corrected chi connectivity index (χ2v) is 16.4. The number of likely N-dealkylation sites (tertiary alicyclic amines) is 1. The molecule has 10 nitrogen and oxygen atoms in total. The maximum atomic E-state index is 14.4. The Morgan fingerprint density at radius 2 is 1.87 bits per heavy atom. The summed E-state index contributed by atoms with van der Waals surface area (Å²) in [5.74, 6) is 0.0883. The number of hydrogen-bond donors (Lipinski definition) is 3. The SMILES string of the molecule is C=CC1CN(C)[C@H]2Cc3c([nH]c4ccccc34)[C@H](c3c(OC)ccc4c5c([nH]c34)[C@]3(C(=O)OC)C[C@@H]4C[C@H](CC)[C@@H]3N(CC5)C4O)C[C@H]1C2C(=O)OC. The highest BCUT2D eigenvalue weighted by molar-refractivity contribution is 5.95. The Balaban J connectivity index is 1.32. The zero-order valence-corrected chi connectivity index (χ0v) is 31.5. The fourth-order valence-electron chi connectivity index (χ4n) is 12.2. The average Bonchev–Trinajstić information content (AvgIpc) is 3.70. The van der Waals surface area contributed by atoms with Gasteiger partial charge in [-0.05, 0) is 86.2 Å². The van der Waals surface area contributed by atoms with Crippen LogP contribution in [0.25, 0.3) is 21.8 Å². The molecule has 10 rings (SSSR count). The van der Waals surface area contributed by atoms with Crippen molar-refractivity contribution < 1.29 is 28.9 Å². The first-order valence-corrected chi connectivity index (χ1v) is 19.4. The van der Waals surface area contributed by atoms with Gasteiger partial charge in [-0.15, -0.1) is 6.58 Å². The number of rotatable bonds is 6. The maximum Gasteiger partial charge on any atom is 0.319 e. The predicted molar refractivity (Wildman–Crippen MR) is 203 cm³/mol. The van der Waals surface area contributed by atoms with Crippen molar-refractivity contribution in [2.45, 2.75) is 75.1 Å². The molecule has 2 aromatic carbocycles. The number of methoxy groups -OCH3 is 3. The number of nitrogens with zero attached hydrogens (tertiary/aromatic N) is 2. The van der Waals surface area contributed by atoms with Crippen molar-refractivity contribution in [1.29, 1.82) is 0 Å². The van der Waals surface area contributed by atoms with E-state index < -0.39 is 11.6 Å². The largest absolute Gasteiger partial charge is 0.496 e. The Morgan fingerprint density at radius 1 is 1.06 bits per heavy atom. The number of carbonyl (C=O) groups excluding carboxylic acids is 2. The summed E-state index contributed by atoms with van der Waals surface area (Å²) in [6.07, 6.45) is 5.88. The van der Waals surface area contributed by atoms with Crippen molar-refractivity contribution in [3.63, 3.8) is 0 Å². The Labute approximate surface area is 310 Å². The molecule has 6 heterocycles. The van der Waals surface area contributed by atoms with E-state index in [9.17, 15) is 14.7 Å². The fraction of sp³-hybridized carbons (Fsp3) is 0.535. The highest BCUT2D eigenvalue weighted by atomic mass is 16.5. The molecule has 3 N–H and O–H groups in total. The van der Waals surface area contributed by atoms with Crippen LogP contribution in [0.5, 0.6) is 5.75 Å². The molecule has 1 saturated carbocycles. The van der Waals surface area contributed by atoms with Crippen molar-refractivity contribution in [1.82, 2.24) is 19.8 Å². The van der Waals surface area contributed by atoms with Crippen LogP contribution in [0.1, 0.15) is 66.6 Å². The third kappa shape index (κ3) is 4.74. The number of fused-ring (bicyclic) bond motifs is 9. The fourth-order valence-corrected chi connectivity index (χ4v) is 12.2. The number of esters is 2. The van der Waals surface area contributed by atoms with Gasteiger partial charge >= 0.3 is 11.9 Å². The molecule has 10 heteroatoms. The molecule has 4 unspecified atom stereocenters. The zero-order valence-electron chi connectivity index (χ0n) is 31.5. The molecule has 2 aromatic heterocycles. The summed E-state index contributed by atoms with van der Waals surface area (Å²) >= 11 is 0. The van der Waals surface area contributed by atoms with E-state index in [1.54, 1.807) is 7.11 Å². The number of aromatic nitrogens is 2.